The molecule has 2 nitrogen and oxygen atoms in total. The molecule has 0 aromatic rings. The SMILES string of the molecule is CCC(CC)C(C)OP([O-])(=S)SC(C)C(CC)CC.[Zn]. The van der Waals surface area contributed by atoms with Crippen LogP contribution in [0.25, 0.3) is 0 Å². The monoisotopic (exact) mass is 389 g/mol. The third-order valence-electron chi connectivity index (χ3n) is 4.02. The first kappa shape index (κ1) is 23.8. The summed E-state index contributed by atoms with van der Waals surface area (Å²) in [4.78, 5) is 12.5. The minimum atomic E-state index is -2.97. The van der Waals surface area contributed by atoms with Crippen LogP contribution in [0.1, 0.15) is 67.2 Å². The molecule has 0 saturated heterocycles. The summed E-state index contributed by atoms with van der Waals surface area (Å²) in [5, 5.41) is 0.298. The molecule has 0 aromatic heterocycles. The molecule has 3 atom stereocenters. The fourth-order valence-electron chi connectivity index (χ4n) is 2.51. The Morgan fingerprint density at radius 1 is 1.00 bits per heavy atom. The summed E-state index contributed by atoms with van der Waals surface area (Å²) in [6.45, 7) is 12.7. The Morgan fingerprint density at radius 3 is 1.75 bits per heavy atom. The topological polar surface area (TPSA) is 32.3 Å². The zero-order chi connectivity index (χ0) is 15.1. The minimum Gasteiger partial charge on any atom is -0.793 e. The first-order chi connectivity index (χ1) is 8.81. The molecule has 6 heteroatoms. The standard InChI is InChI=1S/C14H31O2PS2.Zn/c1-7-13(8-2)11(5)16-17(15,18)19-12(6)14(9-3)10-4;/h11-14H,7-10H2,1-6H3,(H,15,18);/p-1. The summed E-state index contributed by atoms with van der Waals surface area (Å²) in [5.74, 6) is 1.01. The van der Waals surface area contributed by atoms with Crippen LogP contribution < -0.4 is 4.89 Å². The van der Waals surface area contributed by atoms with Crippen molar-refractivity contribution in [2.24, 2.45) is 11.8 Å². The number of rotatable bonds is 10. The molecule has 0 N–H and O–H groups in total. The van der Waals surface area contributed by atoms with Gasteiger partial charge in [-0.25, -0.2) is 0 Å². The van der Waals surface area contributed by atoms with E-state index >= 15 is 0 Å². The van der Waals surface area contributed by atoms with Crippen LogP contribution in [-0.4, -0.2) is 11.4 Å². The van der Waals surface area contributed by atoms with Gasteiger partial charge in [-0.3, -0.25) is 0 Å². The predicted octanol–water partition coefficient (Wildman–Crippen LogP) is 4.97. The average molecular weight is 391 g/mol. The largest absolute Gasteiger partial charge is 0.793 e. The van der Waals surface area contributed by atoms with Crippen LogP contribution in [0.3, 0.4) is 0 Å². The first-order valence-corrected chi connectivity index (χ1v) is 11.6. The molecule has 0 heterocycles. The van der Waals surface area contributed by atoms with Crippen molar-refractivity contribution in [3.8, 4) is 0 Å². The van der Waals surface area contributed by atoms with Crippen molar-refractivity contribution < 1.29 is 28.9 Å². The smallest absolute Gasteiger partial charge is 0.0622 e. The van der Waals surface area contributed by atoms with Crippen LogP contribution in [0, 0.1) is 11.8 Å². The number of hydrogen-bond acceptors (Lipinski definition) is 4. The fraction of sp³-hybridized carbons (Fsp3) is 1.00. The van der Waals surface area contributed by atoms with Gasteiger partial charge in [-0.05, 0) is 18.8 Å². The molecule has 118 valence electrons. The van der Waals surface area contributed by atoms with Gasteiger partial charge in [-0.1, -0.05) is 72.1 Å². The summed E-state index contributed by atoms with van der Waals surface area (Å²) >= 11 is 6.60. The van der Waals surface area contributed by atoms with E-state index < -0.39 is 5.69 Å². The second kappa shape index (κ2) is 12.0. The Kier molecular flexibility index (Phi) is 14.3. The van der Waals surface area contributed by atoms with Crippen LogP contribution in [-0.2, 0) is 35.8 Å². The molecule has 20 heavy (non-hydrogen) atoms. The van der Waals surface area contributed by atoms with Crippen LogP contribution in [0.15, 0.2) is 0 Å². The van der Waals surface area contributed by atoms with Crippen molar-refractivity contribution in [1.29, 1.82) is 0 Å². The average Bonchev–Trinajstić information content (AvgIpc) is 2.30. The van der Waals surface area contributed by atoms with Crippen LogP contribution in [0.2, 0.25) is 0 Å². The Hall–Kier alpha value is 1.54. The van der Waals surface area contributed by atoms with Crippen LogP contribution in [0.4, 0.5) is 0 Å². The summed E-state index contributed by atoms with van der Waals surface area (Å²) in [5.41, 5.74) is -2.97. The van der Waals surface area contributed by atoms with Crippen molar-refractivity contribution in [3.63, 3.8) is 0 Å². The third-order valence-corrected chi connectivity index (χ3v) is 8.65. The van der Waals surface area contributed by atoms with Gasteiger partial charge in [0.05, 0.1) is 6.10 Å². The Bertz CT molecular complexity index is 260. The molecule has 0 aliphatic heterocycles. The minimum absolute atomic E-state index is 0. The number of hydrogen-bond donors (Lipinski definition) is 0. The molecule has 0 fully saturated rings. The fourth-order valence-corrected chi connectivity index (χ4v) is 8.03. The summed E-state index contributed by atoms with van der Waals surface area (Å²) < 4.78 is 5.72. The first-order valence-electron chi connectivity index (χ1n) is 7.48. The molecular weight excluding hydrogens is 361 g/mol. The molecule has 3 unspecified atom stereocenters. The van der Waals surface area contributed by atoms with Gasteiger partial charge in [0.1, 0.15) is 0 Å². The van der Waals surface area contributed by atoms with E-state index in [-0.39, 0.29) is 25.6 Å². The van der Waals surface area contributed by atoms with E-state index in [9.17, 15) is 4.89 Å². The zero-order valence-corrected chi connectivity index (χ0v) is 19.4. The molecule has 0 bridgehead atoms. The summed E-state index contributed by atoms with van der Waals surface area (Å²) in [6.07, 6.45) is 4.27. The maximum absolute atomic E-state index is 12.5. The molecule has 0 aliphatic rings. The molecule has 0 aliphatic carbocycles. The maximum atomic E-state index is 12.5. The van der Waals surface area contributed by atoms with Gasteiger partial charge in [0, 0.05) is 30.4 Å². The quantitative estimate of drug-likeness (QED) is 0.389. The van der Waals surface area contributed by atoms with E-state index in [2.05, 4.69) is 34.6 Å². The van der Waals surface area contributed by atoms with E-state index in [1.54, 1.807) is 0 Å². The van der Waals surface area contributed by atoms with E-state index in [1.807, 2.05) is 6.92 Å². The van der Waals surface area contributed by atoms with Gasteiger partial charge in [0.2, 0.25) is 0 Å². The molecule has 0 rings (SSSR count). The molecule has 0 amide bonds. The zero-order valence-electron chi connectivity index (χ0n) is 13.9. The Labute approximate surface area is 147 Å². The second-order valence-corrected chi connectivity index (χ2v) is 11.5. The molecule has 0 radical (unpaired) electrons. The second-order valence-electron chi connectivity index (χ2n) is 5.22. The van der Waals surface area contributed by atoms with Crippen LogP contribution in [0.5, 0.6) is 0 Å². The van der Waals surface area contributed by atoms with E-state index in [4.69, 9.17) is 16.3 Å². The van der Waals surface area contributed by atoms with Crippen molar-refractivity contribution >= 4 is 28.9 Å². The van der Waals surface area contributed by atoms with E-state index in [1.165, 1.54) is 11.4 Å². The summed E-state index contributed by atoms with van der Waals surface area (Å²) in [6, 6.07) is 0. The normalized spacial score (nSPS) is 17.6. The van der Waals surface area contributed by atoms with Gasteiger partial charge in [0.15, 0.2) is 0 Å². The Balaban J connectivity index is 0. The van der Waals surface area contributed by atoms with Crippen molar-refractivity contribution in [2.75, 3.05) is 0 Å². The third kappa shape index (κ3) is 8.86. The van der Waals surface area contributed by atoms with E-state index in [0.29, 0.717) is 17.1 Å². The van der Waals surface area contributed by atoms with Crippen molar-refractivity contribution in [2.45, 2.75) is 78.6 Å². The maximum Gasteiger partial charge on any atom is 0.0622 e. The van der Waals surface area contributed by atoms with Crippen LogP contribution >= 0.6 is 17.1 Å². The van der Waals surface area contributed by atoms with Gasteiger partial charge < -0.3 is 9.42 Å². The molecule has 0 spiro atoms. The van der Waals surface area contributed by atoms with Gasteiger partial charge >= 0.3 is 0 Å². The van der Waals surface area contributed by atoms with Gasteiger partial charge in [-0.2, -0.15) is 0 Å². The van der Waals surface area contributed by atoms with Gasteiger partial charge in [-0.15, -0.1) is 11.4 Å². The predicted molar refractivity (Wildman–Crippen MR) is 90.0 cm³/mol. The van der Waals surface area contributed by atoms with Crippen molar-refractivity contribution in [1.82, 2.24) is 0 Å². The van der Waals surface area contributed by atoms with E-state index in [0.717, 1.165) is 25.7 Å². The summed E-state index contributed by atoms with van der Waals surface area (Å²) in [7, 11) is 0. The Morgan fingerprint density at radius 2 is 1.40 bits per heavy atom. The molecule has 0 aromatic carbocycles. The van der Waals surface area contributed by atoms with Crippen molar-refractivity contribution in [3.05, 3.63) is 0 Å². The van der Waals surface area contributed by atoms with Gasteiger partial charge in [0.25, 0.3) is 0 Å². The molecule has 0 saturated carbocycles. The molecular formula is C14H30O2PS2Zn-.